The third-order valence-corrected chi connectivity index (χ3v) is 3.39. The lowest BCUT2D eigenvalue weighted by atomic mass is 10.2. The summed E-state index contributed by atoms with van der Waals surface area (Å²) in [6.45, 7) is 5.03. The van der Waals surface area contributed by atoms with E-state index >= 15 is 0 Å². The lowest BCUT2D eigenvalue weighted by Gasteiger charge is -2.10. The van der Waals surface area contributed by atoms with Gasteiger partial charge in [0.2, 0.25) is 0 Å². The first-order valence-electron chi connectivity index (χ1n) is 5.28. The molecule has 2 rings (SSSR count). The summed E-state index contributed by atoms with van der Waals surface area (Å²) in [6.07, 6.45) is 5.87. The highest BCUT2D eigenvalue weighted by Gasteiger charge is 2.07. The van der Waals surface area contributed by atoms with Crippen molar-refractivity contribution < 1.29 is 0 Å². The Morgan fingerprint density at radius 1 is 1.50 bits per heavy atom. The van der Waals surface area contributed by atoms with Crippen LogP contribution >= 0.6 is 11.3 Å². The summed E-state index contributed by atoms with van der Waals surface area (Å²) in [6, 6.07) is 0.316. The zero-order valence-corrected chi connectivity index (χ0v) is 10.6. The van der Waals surface area contributed by atoms with Crippen LogP contribution in [0.1, 0.15) is 28.4 Å². The van der Waals surface area contributed by atoms with E-state index in [1.54, 1.807) is 11.3 Å². The number of hydrogen-bond donors (Lipinski definition) is 1. The zero-order chi connectivity index (χ0) is 11.5. The molecule has 86 valence electrons. The molecule has 1 N–H and O–H groups in total. The molecule has 0 aromatic carbocycles. The van der Waals surface area contributed by atoms with Crippen LogP contribution in [-0.4, -0.2) is 14.8 Å². The van der Waals surface area contributed by atoms with Crippen LogP contribution in [0.2, 0.25) is 0 Å². The summed E-state index contributed by atoms with van der Waals surface area (Å²) in [5.41, 5.74) is 1.21. The highest BCUT2D eigenvalue weighted by atomic mass is 32.1. The molecule has 0 spiro atoms. The standard InChI is InChI=1S/C11H16N4S/c1-8(10-4-14-15(3)7-10)12-5-11-6-13-9(2)16-11/h4,6-8,12H,5H2,1-3H3. The lowest BCUT2D eigenvalue weighted by molar-refractivity contribution is 0.578. The van der Waals surface area contributed by atoms with Crippen molar-refractivity contribution in [3.8, 4) is 0 Å². The van der Waals surface area contributed by atoms with Gasteiger partial charge in [0.1, 0.15) is 0 Å². The first-order valence-corrected chi connectivity index (χ1v) is 6.10. The molecule has 2 aromatic rings. The minimum atomic E-state index is 0.316. The molecule has 0 aliphatic carbocycles. The minimum absolute atomic E-state index is 0.316. The van der Waals surface area contributed by atoms with Crippen molar-refractivity contribution in [3.05, 3.63) is 34.0 Å². The van der Waals surface area contributed by atoms with Crippen molar-refractivity contribution in [1.29, 1.82) is 0 Å². The van der Waals surface area contributed by atoms with Gasteiger partial charge in [-0.1, -0.05) is 0 Å². The maximum absolute atomic E-state index is 4.23. The predicted molar refractivity (Wildman–Crippen MR) is 65.3 cm³/mol. The van der Waals surface area contributed by atoms with E-state index in [2.05, 4.69) is 22.3 Å². The molecular weight excluding hydrogens is 220 g/mol. The Morgan fingerprint density at radius 2 is 2.31 bits per heavy atom. The van der Waals surface area contributed by atoms with Crippen molar-refractivity contribution in [1.82, 2.24) is 20.1 Å². The third kappa shape index (κ3) is 2.68. The molecule has 0 aliphatic rings. The van der Waals surface area contributed by atoms with Gasteiger partial charge in [-0.3, -0.25) is 4.68 Å². The summed E-state index contributed by atoms with van der Waals surface area (Å²) in [5, 5.41) is 8.74. The van der Waals surface area contributed by atoms with Crippen LogP contribution in [0.5, 0.6) is 0 Å². The average Bonchev–Trinajstić information content (AvgIpc) is 2.84. The lowest BCUT2D eigenvalue weighted by Crippen LogP contribution is -2.16. The topological polar surface area (TPSA) is 42.7 Å². The number of nitrogens with zero attached hydrogens (tertiary/aromatic N) is 3. The highest BCUT2D eigenvalue weighted by Crippen LogP contribution is 2.14. The van der Waals surface area contributed by atoms with Gasteiger partial charge in [0, 0.05) is 42.5 Å². The monoisotopic (exact) mass is 236 g/mol. The number of aryl methyl sites for hydroxylation is 2. The third-order valence-electron chi connectivity index (χ3n) is 2.48. The summed E-state index contributed by atoms with van der Waals surface area (Å²) < 4.78 is 1.82. The first kappa shape index (κ1) is 11.3. The van der Waals surface area contributed by atoms with Crippen LogP contribution in [0.4, 0.5) is 0 Å². The Labute approximate surface area is 99.3 Å². The van der Waals surface area contributed by atoms with E-state index in [0.717, 1.165) is 11.6 Å². The maximum Gasteiger partial charge on any atom is 0.0897 e. The first-order chi connectivity index (χ1) is 7.65. The van der Waals surface area contributed by atoms with Crippen LogP contribution in [0.25, 0.3) is 0 Å². The molecule has 16 heavy (non-hydrogen) atoms. The zero-order valence-electron chi connectivity index (χ0n) is 9.77. The Kier molecular flexibility index (Phi) is 3.36. The molecule has 0 saturated heterocycles. The van der Waals surface area contributed by atoms with E-state index in [0.29, 0.717) is 6.04 Å². The Morgan fingerprint density at radius 3 is 2.88 bits per heavy atom. The van der Waals surface area contributed by atoms with Crippen molar-refractivity contribution in [2.45, 2.75) is 26.4 Å². The van der Waals surface area contributed by atoms with Crippen LogP contribution < -0.4 is 5.32 Å². The van der Waals surface area contributed by atoms with Gasteiger partial charge < -0.3 is 5.32 Å². The van der Waals surface area contributed by atoms with E-state index < -0.39 is 0 Å². The Hall–Kier alpha value is -1.20. The second-order valence-electron chi connectivity index (χ2n) is 3.90. The van der Waals surface area contributed by atoms with Gasteiger partial charge in [-0.2, -0.15) is 5.10 Å². The van der Waals surface area contributed by atoms with Gasteiger partial charge in [0.25, 0.3) is 0 Å². The SMILES string of the molecule is Cc1ncc(CNC(C)c2cnn(C)c2)s1. The molecule has 0 radical (unpaired) electrons. The molecule has 2 heterocycles. The van der Waals surface area contributed by atoms with Crippen molar-refractivity contribution >= 4 is 11.3 Å². The fraction of sp³-hybridized carbons (Fsp3) is 0.455. The molecule has 0 aliphatic heterocycles. The van der Waals surface area contributed by atoms with E-state index in [1.165, 1.54) is 10.4 Å². The second kappa shape index (κ2) is 4.76. The molecule has 4 nitrogen and oxygen atoms in total. The van der Waals surface area contributed by atoms with E-state index in [9.17, 15) is 0 Å². The van der Waals surface area contributed by atoms with Crippen molar-refractivity contribution in [2.75, 3.05) is 0 Å². The maximum atomic E-state index is 4.23. The smallest absolute Gasteiger partial charge is 0.0897 e. The number of aromatic nitrogens is 3. The fourth-order valence-electron chi connectivity index (χ4n) is 1.52. The van der Waals surface area contributed by atoms with Gasteiger partial charge in [0.05, 0.1) is 11.2 Å². The predicted octanol–water partition coefficient (Wildman–Crippen LogP) is 2.04. The van der Waals surface area contributed by atoms with Gasteiger partial charge >= 0.3 is 0 Å². The number of thiazole rings is 1. The van der Waals surface area contributed by atoms with Gasteiger partial charge in [-0.25, -0.2) is 4.98 Å². The molecule has 2 aromatic heterocycles. The fourth-order valence-corrected chi connectivity index (χ4v) is 2.27. The number of rotatable bonds is 4. The Bertz CT molecular complexity index is 460. The molecule has 1 unspecified atom stereocenters. The summed E-state index contributed by atoms with van der Waals surface area (Å²) in [4.78, 5) is 5.51. The normalized spacial score (nSPS) is 12.9. The molecule has 0 fully saturated rings. The van der Waals surface area contributed by atoms with Crippen LogP contribution in [-0.2, 0) is 13.6 Å². The average molecular weight is 236 g/mol. The van der Waals surface area contributed by atoms with Crippen LogP contribution in [0.3, 0.4) is 0 Å². The van der Waals surface area contributed by atoms with Crippen molar-refractivity contribution in [3.63, 3.8) is 0 Å². The quantitative estimate of drug-likeness (QED) is 0.883. The molecule has 0 bridgehead atoms. The number of hydrogen-bond acceptors (Lipinski definition) is 4. The highest BCUT2D eigenvalue weighted by molar-refractivity contribution is 7.11. The number of nitrogens with one attached hydrogen (secondary N) is 1. The Balaban J connectivity index is 1.91. The second-order valence-corrected chi connectivity index (χ2v) is 5.21. The molecule has 0 saturated carbocycles. The van der Waals surface area contributed by atoms with Crippen LogP contribution in [0, 0.1) is 6.92 Å². The largest absolute Gasteiger partial charge is 0.305 e. The van der Waals surface area contributed by atoms with E-state index in [1.807, 2.05) is 37.2 Å². The molecule has 5 heteroatoms. The summed E-state index contributed by atoms with van der Waals surface area (Å²) in [7, 11) is 1.93. The summed E-state index contributed by atoms with van der Waals surface area (Å²) in [5.74, 6) is 0. The van der Waals surface area contributed by atoms with Gasteiger partial charge in [-0.15, -0.1) is 11.3 Å². The van der Waals surface area contributed by atoms with E-state index in [4.69, 9.17) is 0 Å². The summed E-state index contributed by atoms with van der Waals surface area (Å²) >= 11 is 1.74. The van der Waals surface area contributed by atoms with Crippen LogP contribution in [0.15, 0.2) is 18.6 Å². The molecular formula is C11H16N4S. The van der Waals surface area contributed by atoms with Gasteiger partial charge in [-0.05, 0) is 13.8 Å². The minimum Gasteiger partial charge on any atom is -0.305 e. The molecule has 1 atom stereocenters. The van der Waals surface area contributed by atoms with E-state index in [-0.39, 0.29) is 0 Å². The molecule has 0 amide bonds. The van der Waals surface area contributed by atoms with Crippen molar-refractivity contribution in [2.24, 2.45) is 7.05 Å². The van der Waals surface area contributed by atoms with Gasteiger partial charge in [0.15, 0.2) is 0 Å².